The molecule has 1 aliphatic heterocycles. The van der Waals surface area contributed by atoms with Gasteiger partial charge in [-0.2, -0.15) is 0 Å². The summed E-state index contributed by atoms with van der Waals surface area (Å²) in [5.41, 5.74) is 1.68. The normalized spacial score (nSPS) is 18.5. The van der Waals surface area contributed by atoms with Gasteiger partial charge < -0.3 is 14.6 Å². The maximum Gasteiger partial charge on any atom is 0.255 e. The van der Waals surface area contributed by atoms with E-state index in [2.05, 4.69) is 4.98 Å². The number of aromatic amines is 1. The fourth-order valence-electron chi connectivity index (χ4n) is 2.77. The van der Waals surface area contributed by atoms with Crippen LogP contribution in [0.15, 0.2) is 42.6 Å². The second kappa shape index (κ2) is 6.04. The second-order valence-electron chi connectivity index (χ2n) is 5.46. The van der Waals surface area contributed by atoms with Crippen LogP contribution in [0.2, 0.25) is 0 Å². The van der Waals surface area contributed by atoms with E-state index in [9.17, 15) is 4.79 Å². The molecule has 1 aromatic heterocycles. The predicted octanol–water partition coefficient (Wildman–Crippen LogP) is 3.01. The van der Waals surface area contributed by atoms with Crippen LogP contribution in [0.3, 0.4) is 0 Å². The van der Waals surface area contributed by atoms with Crippen molar-refractivity contribution in [2.75, 3.05) is 13.1 Å². The average Bonchev–Trinajstić information content (AvgIpc) is 2.94. The number of aromatic nitrogens is 1. The molecule has 0 saturated carbocycles. The van der Waals surface area contributed by atoms with Crippen LogP contribution in [0.5, 0.6) is 5.75 Å². The van der Waals surface area contributed by atoms with E-state index in [1.54, 1.807) is 0 Å². The van der Waals surface area contributed by atoms with Crippen molar-refractivity contribution in [3.05, 3.63) is 53.9 Å². The van der Waals surface area contributed by atoms with E-state index >= 15 is 0 Å². The zero-order valence-corrected chi connectivity index (χ0v) is 12.2. The molecule has 1 amide bonds. The molecule has 110 valence electrons. The SMILES string of the molecule is Cc1[nH]ccc1C(=O)N1CCC[C@@H](Oc2ccccc2)C1. The number of amides is 1. The molecule has 0 unspecified atom stereocenters. The van der Waals surface area contributed by atoms with Gasteiger partial charge in [0.1, 0.15) is 11.9 Å². The topological polar surface area (TPSA) is 45.3 Å². The number of hydrogen-bond donors (Lipinski definition) is 1. The zero-order chi connectivity index (χ0) is 14.7. The van der Waals surface area contributed by atoms with E-state index in [1.165, 1.54) is 0 Å². The van der Waals surface area contributed by atoms with Crippen LogP contribution in [0.4, 0.5) is 0 Å². The molecule has 1 aromatic carbocycles. The number of carbonyl (C=O) groups is 1. The lowest BCUT2D eigenvalue weighted by Gasteiger charge is -2.33. The van der Waals surface area contributed by atoms with Gasteiger partial charge >= 0.3 is 0 Å². The first kappa shape index (κ1) is 13.7. The number of hydrogen-bond acceptors (Lipinski definition) is 2. The Morgan fingerprint density at radius 3 is 2.81 bits per heavy atom. The van der Waals surface area contributed by atoms with Crippen molar-refractivity contribution in [1.29, 1.82) is 0 Å². The van der Waals surface area contributed by atoms with Gasteiger partial charge in [-0.3, -0.25) is 4.79 Å². The lowest BCUT2D eigenvalue weighted by Crippen LogP contribution is -2.44. The van der Waals surface area contributed by atoms with Gasteiger partial charge in [-0.15, -0.1) is 0 Å². The molecule has 0 aliphatic carbocycles. The minimum atomic E-state index is 0.0735. The number of carbonyl (C=O) groups excluding carboxylic acids is 1. The third-order valence-electron chi connectivity index (χ3n) is 3.90. The standard InChI is InChI=1S/C17H20N2O2/c1-13-16(9-10-18-13)17(20)19-11-5-8-15(12-19)21-14-6-3-2-4-7-14/h2-4,6-7,9-10,15,18H,5,8,11-12H2,1H3/t15-/m1/s1. The van der Waals surface area contributed by atoms with Gasteiger partial charge in [-0.05, 0) is 38.0 Å². The van der Waals surface area contributed by atoms with Crippen LogP contribution in [0, 0.1) is 6.92 Å². The van der Waals surface area contributed by atoms with E-state index in [0.29, 0.717) is 6.54 Å². The zero-order valence-electron chi connectivity index (χ0n) is 12.2. The largest absolute Gasteiger partial charge is 0.489 e. The molecular weight excluding hydrogens is 264 g/mol. The van der Waals surface area contributed by atoms with Crippen LogP contribution in [0.25, 0.3) is 0 Å². The Balaban J connectivity index is 1.66. The summed E-state index contributed by atoms with van der Waals surface area (Å²) in [6.07, 6.45) is 3.85. The average molecular weight is 284 g/mol. The summed E-state index contributed by atoms with van der Waals surface area (Å²) in [6.45, 7) is 3.38. The van der Waals surface area contributed by atoms with E-state index in [0.717, 1.165) is 36.4 Å². The number of H-pyrrole nitrogens is 1. The van der Waals surface area contributed by atoms with Crippen molar-refractivity contribution in [2.45, 2.75) is 25.9 Å². The van der Waals surface area contributed by atoms with Crippen molar-refractivity contribution in [3.8, 4) is 5.75 Å². The van der Waals surface area contributed by atoms with Crippen molar-refractivity contribution >= 4 is 5.91 Å². The van der Waals surface area contributed by atoms with Gasteiger partial charge in [0, 0.05) is 18.4 Å². The first-order chi connectivity index (χ1) is 10.2. The van der Waals surface area contributed by atoms with Gasteiger partial charge in [0.15, 0.2) is 0 Å². The maximum atomic E-state index is 12.5. The molecule has 0 radical (unpaired) electrons. The highest BCUT2D eigenvalue weighted by molar-refractivity contribution is 5.95. The quantitative estimate of drug-likeness (QED) is 0.941. The highest BCUT2D eigenvalue weighted by Crippen LogP contribution is 2.20. The summed E-state index contributed by atoms with van der Waals surface area (Å²) >= 11 is 0. The van der Waals surface area contributed by atoms with E-state index in [-0.39, 0.29) is 12.0 Å². The van der Waals surface area contributed by atoms with Crippen molar-refractivity contribution < 1.29 is 9.53 Å². The highest BCUT2D eigenvalue weighted by atomic mass is 16.5. The number of para-hydroxylation sites is 1. The summed E-state index contributed by atoms with van der Waals surface area (Å²) in [5, 5.41) is 0. The third-order valence-corrected chi connectivity index (χ3v) is 3.90. The summed E-state index contributed by atoms with van der Waals surface area (Å²) < 4.78 is 5.98. The first-order valence-corrected chi connectivity index (χ1v) is 7.39. The minimum absolute atomic E-state index is 0.0735. The predicted molar refractivity (Wildman–Crippen MR) is 81.5 cm³/mol. The van der Waals surface area contributed by atoms with Crippen molar-refractivity contribution in [1.82, 2.24) is 9.88 Å². The lowest BCUT2D eigenvalue weighted by molar-refractivity contribution is 0.0537. The van der Waals surface area contributed by atoms with Gasteiger partial charge in [0.25, 0.3) is 5.91 Å². The molecule has 1 aliphatic rings. The number of piperidine rings is 1. The molecule has 1 atom stereocenters. The molecule has 2 aromatic rings. The Hall–Kier alpha value is -2.23. The molecular formula is C17H20N2O2. The minimum Gasteiger partial charge on any atom is -0.489 e. The number of likely N-dealkylation sites (tertiary alicyclic amines) is 1. The summed E-state index contributed by atoms with van der Waals surface area (Å²) in [5.74, 6) is 0.963. The number of benzene rings is 1. The molecule has 21 heavy (non-hydrogen) atoms. The number of nitrogens with one attached hydrogen (secondary N) is 1. The van der Waals surface area contributed by atoms with E-state index in [4.69, 9.17) is 4.74 Å². The Morgan fingerprint density at radius 2 is 2.10 bits per heavy atom. The molecule has 0 spiro atoms. The number of rotatable bonds is 3. The fraction of sp³-hybridized carbons (Fsp3) is 0.353. The summed E-state index contributed by atoms with van der Waals surface area (Å²) in [4.78, 5) is 17.5. The first-order valence-electron chi connectivity index (χ1n) is 7.39. The lowest BCUT2D eigenvalue weighted by atomic mass is 10.1. The van der Waals surface area contributed by atoms with E-state index < -0.39 is 0 Å². The fourth-order valence-corrected chi connectivity index (χ4v) is 2.77. The molecule has 3 rings (SSSR count). The monoisotopic (exact) mass is 284 g/mol. The van der Waals surface area contributed by atoms with Gasteiger partial charge in [-0.25, -0.2) is 0 Å². The number of ether oxygens (including phenoxy) is 1. The Kier molecular flexibility index (Phi) is 3.95. The van der Waals surface area contributed by atoms with Crippen molar-refractivity contribution in [2.24, 2.45) is 0 Å². The van der Waals surface area contributed by atoms with Gasteiger partial charge in [0.05, 0.1) is 12.1 Å². The summed E-state index contributed by atoms with van der Waals surface area (Å²) in [7, 11) is 0. The molecule has 1 N–H and O–H groups in total. The Bertz CT molecular complexity index is 606. The van der Waals surface area contributed by atoms with Crippen LogP contribution < -0.4 is 4.74 Å². The van der Waals surface area contributed by atoms with Gasteiger partial charge in [-0.1, -0.05) is 18.2 Å². The molecule has 1 fully saturated rings. The third kappa shape index (κ3) is 3.10. The van der Waals surface area contributed by atoms with Crippen LogP contribution in [-0.4, -0.2) is 35.0 Å². The number of nitrogens with zero attached hydrogens (tertiary/aromatic N) is 1. The van der Waals surface area contributed by atoms with E-state index in [1.807, 2.05) is 54.4 Å². The maximum absolute atomic E-state index is 12.5. The van der Waals surface area contributed by atoms with Crippen molar-refractivity contribution in [3.63, 3.8) is 0 Å². The summed E-state index contributed by atoms with van der Waals surface area (Å²) in [6, 6.07) is 11.7. The second-order valence-corrected chi connectivity index (χ2v) is 5.46. The number of aryl methyl sites for hydroxylation is 1. The molecule has 1 saturated heterocycles. The van der Waals surface area contributed by atoms with Crippen LogP contribution in [0.1, 0.15) is 28.9 Å². The van der Waals surface area contributed by atoms with Gasteiger partial charge in [0.2, 0.25) is 0 Å². The Labute approximate surface area is 124 Å². The molecule has 4 nitrogen and oxygen atoms in total. The molecule has 0 bridgehead atoms. The van der Waals surface area contributed by atoms with Crippen LogP contribution in [-0.2, 0) is 0 Å². The highest BCUT2D eigenvalue weighted by Gasteiger charge is 2.26. The van der Waals surface area contributed by atoms with Crippen LogP contribution >= 0.6 is 0 Å². The smallest absolute Gasteiger partial charge is 0.255 e. The molecule has 4 heteroatoms. The Morgan fingerprint density at radius 1 is 1.29 bits per heavy atom. The molecule has 2 heterocycles.